The van der Waals surface area contributed by atoms with Crippen molar-refractivity contribution >= 4 is 5.97 Å². The normalized spacial score (nSPS) is 30.3. The highest BCUT2D eigenvalue weighted by molar-refractivity contribution is 5.79. The summed E-state index contributed by atoms with van der Waals surface area (Å²) in [5.41, 5.74) is -0.776. The lowest BCUT2D eigenvalue weighted by molar-refractivity contribution is -0.145. The Bertz CT molecular complexity index is 187. The molecular weight excluding hydrogens is 170 g/mol. The highest BCUT2D eigenvalue weighted by atomic mass is 16.4. The van der Waals surface area contributed by atoms with E-state index in [-0.39, 0.29) is 12.5 Å². The minimum absolute atomic E-state index is 0.0432. The standard InChI is InChI=1S/C9H17NO3/c1-7(6-11)5-9(8(12)13)3-2-4-10-9/h7,10-11H,2-6H2,1H3,(H,12,13). The van der Waals surface area contributed by atoms with E-state index in [1.54, 1.807) is 0 Å². The second-order valence-corrected chi connectivity index (χ2v) is 3.91. The minimum atomic E-state index is -0.787. The first-order valence-electron chi connectivity index (χ1n) is 4.70. The molecule has 13 heavy (non-hydrogen) atoms. The third kappa shape index (κ3) is 2.19. The largest absolute Gasteiger partial charge is 0.480 e. The second kappa shape index (κ2) is 4.07. The van der Waals surface area contributed by atoms with Crippen molar-refractivity contribution in [3.05, 3.63) is 0 Å². The molecule has 1 fully saturated rings. The van der Waals surface area contributed by atoms with Gasteiger partial charge in [0.15, 0.2) is 0 Å². The van der Waals surface area contributed by atoms with E-state index in [0.717, 1.165) is 13.0 Å². The Morgan fingerprint density at radius 3 is 2.77 bits per heavy atom. The SMILES string of the molecule is CC(CO)CC1(C(=O)O)CCCN1. The average molecular weight is 187 g/mol. The number of carbonyl (C=O) groups is 1. The zero-order valence-electron chi connectivity index (χ0n) is 7.92. The molecular formula is C9H17NO3. The summed E-state index contributed by atoms with van der Waals surface area (Å²) in [6.45, 7) is 2.69. The number of carboxylic acid groups (broad SMARTS) is 1. The Hall–Kier alpha value is -0.610. The summed E-state index contributed by atoms with van der Waals surface area (Å²) in [4.78, 5) is 11.0. The molecule has 4 heteroatoms. The molecule has 1 rings (SSSR count). The molecule has 1 aliphatic heterocycles. The van der Waals surface area contributed by atoms with E-state index in [1.165, 1.54) is 0 Å². The smallest absolute Gasteiger partial charge is 0.323 e. The van der Waals surface area contributed by atoms with Gasteiger partial charge in [-0.1, -0.05) is 6.92 Å². The summed E-state index contributed by atoms with van der Waals surface area (Å²) in [6.07, 6.45) is 2.09. The Labute approximate surface area is 78.0 Å². The van der Waals surface area contributed by atoms with Crippen LogP contribution in [0.3, 0.4) is 0 Å². The van der Waals surface area contributed by atoms with Crippen molar-refractivity contribution in [1.29, 1.82) is 0 Å². The Kier molecular flexibility index (Phi) is 3.27. The summed E-state index contributed by atoms with van der Waals surface area (Å²) < 4.78 is 0. The molecule has 76 valence electrons. The van der Waals surface area contributed by atoms with Crippen LogP contribution in [0.1, 0.15) is 26.2 Å². The molecule has 0 spiro atoms. The summed E-state index contributed by atoms with van der Waals surface area (Å²) in [7, 11) is 0. The maximum atomic E-state index is 11.0. The summed E-state index contributed by atoms with van der Waals surface area (Å²) >= 11 is 0. The molecule has 0 saturated carbocycles. The van der Waals surface area contributed by atoms with Gasteiger partial charge in [-0.05, 0) is 31.7 Å². The average Bonchev–Trinajstić information content (AvgIpc) is 2.54. The van der Waals surface area contributed by atoms with Crippen LogP contribution in [-0.4, -0.2) is 34.9 Å². The zero-order valence-corrected chi connectivity index (χ0v) is 7.92. The summed E-state index contributed by atoms with van der Waals surface area (Å²) in [5.74, 6) is -0.744. The van der Waals surface area contributed by atoms with Crippen molar-refractivity contribution in [1.82, 2.24) is 5.32 Å². The molecule has 4 nitrogen and oxygen atoms in total. The third-order valence-corrected chi connectivity index (χ3v) is 2.66. The first-order valence-corrected chi connectivity index (χ1v) is 4.70. The summed E-state index contributed by atoms with van der Waals surface area (Å²) in [5, 5.41) is 21.0. The number of hydrogen-bond acceptors (Lipinski definition) is 3. The number of hydrogen-bond donors (Lipinski definition) is 3. The van der Waals surface area contributed by atoms with Gasteiger partial charge in [-0.15, -0.1) is 0 Å². The number of aliphatic hydroxyl groups is 1. The lowest BCUT2D eigenvalue weighted by atomic mass is 9.87. The van der Waals surface area contributed by atoms with Gasteiger partial charge in [-0.25, -0.2) is 0 Å². The van der Waals surface area contributed by atoms with Crippen LogP contribution in [0.25, 0.3) is 0 Å². The molecule has 0 aliphatic carbocycles. The zero-order chi connectivity index (χ0) is 9.90. The fourth-order valence-corrected chi connectivity index (χ4v) is 1.91. The third-order valence-electron chi connectivity index (χ3n) is 2.66. The van der Waals surface area contributed by atoms with E-state index in [4.69, 9.17) is 10.2 Å². The van der Waals surface area contributed by atoms with Crippen molar-refractivity contribution in [2.24, 2.45) is 5.92 Å². The van der Waals surface area contributed by atoms with Gasteiger partial charge in [0.05, 0.1) is 0 Å². The van der Waals surface area contributed by atoms with Gasteiger partial charge in [-0.2, -0.15) is 0 Å². The number of rotatable bonds is 4. The predicted molar refractivity (Wildman–Crippen MR) is 48.5 cm³/mol. The molecule has 0 radical (unpaired) electrons. The monoisotopic (exact) mass is 187 g/mol. The van der Waals surface area contributed by atoms with Gasteiger partial charge in [0.1, 0.15) is 5.54 Å². The molecule has 0 amide bonds. The van der Waals surface area contributed by atoms with E-state index < -0.39 is 11.5 Å². The van der Waals surface area contributed by atoms with Crippen LogP contribution in [0.5, 0.6) is 0 Å². The van der Waals surface area contributed by atoms with Gasteiger partial charge < -0.3 is 15.5 Å². The van der Waals surface area contributed by atoms with Crippen LogP contribution >= 0.6 is 0 Å². The van der Waals surface area contributed by atoms with E-state index in [2.05, 4.69) is 5.32 Å². The Morgan fingerprint density at radius 2 is 2.38 bits per heavy atom. The Balaban J connectivity index is 2.62. The topological polar surface area (TPSA) is 69.6 Å². The number of carboxylic acids is 1. The van der Waals surface area contributed by atoms with Crippen molar-refractivity contribution in [3.8, 4) is 0 Å². The molecule has 0 aromatic rings. The number of aliphatic hydroxyl groups excluding tert-OH is 1. The summed E-state index contributed by atoms with van der Waals surface area (Å²) in [6, 6.07) is 0. The molecule has 2 unspecified atom stereocenters. The fraction of sp³-hybridized carbons (Fsp3) is 0.889. The predicted octanol–water partition coefficient (Wildman–Crippen LogP) is 0.212. The second-order valence-electron chi connectivity index (χ2n) is 3.91. The molecule has 1 saturated heterocycles. The van der Waals surface area contributed by atoms with Crippen molar-refractivity contribution < 1.29 is 15.0 Å². The molecule has 0 aromatic carbocycles. The van der Waals surface area contributed by atoms with E-state index in [0.29, 0.717) is 12.8 Å². The van der Waals surface area contributed by atoms with E-state index >= 15 is 0 Å². The van der Waals surface area contributed by atoms with Crippen LogP contribution in [0.15, 0.2) is 0 Å². The lowest BCUT2D eigenvalue weighted by Crippen LogP contribution is -2.49. The van der Waals surface area contributed by atoms with Crippen molar-refractivity contribution in [2.45, 2.75) is 31.7 Å². The van der Waals surface area contributed by atoms with Gasteiger partial charge in [-0.3, -0.25) is 4.79 Å². The van der Waals surface area contributed by atoms with Crippen LogP contribution in [0, 0.1) is 5.92 Å². The highest BCUT2D eigenvalue weighted by Crippen LogP contribution is 2.26. The van der Waals surface area contributed by atoms with Crippen molar-refractivity contribution in [2.75, 3.05) is 13.2 Å². The minimum Gasteiger partial charge on any atom is -0.480 e. The molecule has 1 heterocycles. The van der Waals surface area contributed by atoms with E-state index in [1.807, 2.05) is 6.92 Å². The van der Waals surface area contributed by atoms with Gasteiger partial charge in [0.25, 0.3) is 0 Å². The number of aliphatic carboxylic acids is 1. The molecule has 3 N–H and O–H groups in total. The van der Waals surface area contributed by atoms with Crippen LogP contribution in [-0.2, 0) is 4.79 Å². The first kappa shape index (κ1) is 10.5. The maximum absolute atomic E-state index is 11.0. The van der Waals surface area contributed by atoms with Gasteiger partial charge in [0, 0.05) is 6.61 Å². The molecule has 0 aromatic heterocycles. The molecule has 1 aliphatic rings. The molecule has 0 bridgehead atoms. The van der Waals surface area contributed by atoms with E-state index in [9.17, 15) is 4.79 Å². The van der Waals surface area contributed by atoms with Crippen molar-refractivity contribution in [3.63, 3.8) is 0 Å². The van der Waals surface area contributed by atoms with Crippen LogP contribution < -0.4 is 5.32 Å². The Morgan fingerprint density at radius 1 is 1.69 bits per heavy atom. The van der Waals surface area contributed by atoms with Gasteiger partial charge in [0.2, 0.25) is 0 Å². The lowest BCUT2D eigenvalue weighted by Gasteiger charge is -2.26. The quantitative estimate of drug-likeness (QED) is 0.588. The fourth-order valence-electron chi connectivity index (χ4n) is 1.91. The molecule has 2 atom stereocenters. The van der Waals surface area contributed by atoms with Gasteiger partial charge >= 0.3 is 5.97 Å². The first-order chi connectivity index (χ1) is 6.10. The van der Waals surface area contributed by atoms with Crippen LogP contribution in [0.4, 0.5) is 0 Å². The highest BCUT2D eigenvalue weighted by Gasteiger charge is 2.41. The number of nitrogens with one attached hydrogen (secondary N) is 1. The maximum Gasteiger partial charge on any atom is 0.323 e. The van der Waals surface area contributed by atoms with Crippen LogP contribution in [0.2, 0.25) is 0 Å².